The van der Waals surface area contributed by atoms with E-state index in [1.54, 1.807) is 6.92 Å². The Morgan fingerprint density at radius 1 is 1.15 bits per heavy atom. The highest BCUT2D eigenvalue weighted by Crippen LogP contribution is 2.33. The second kappa shape index (κ2) is 12.5. The molecular formula is C29H30F4N4O4. The number of carbonyl (C=O) groups excluding carboxylic acids is 2. The number of pyridine rings is 1. The maximum Gasteiger partial charge on any atom is 0.416 e. The van der Waals surface area contributed by atoms with Crippen molar-refractivity contribution in [3.63, 3.8) is 0 Å². The van der Waals surface area contributed by atoms with Crippen molar-refractivity contribution in [2.24, 2.45) is 0 Å². The van der Waals surface area contributed by atoms with Gasteiger partial charge in [0.25, 0.3) is 11.5 Å². The Bertz CT molecular complexity index is 1490. The molecule has 0 unspecified atom stereocenters. The molecule has 1 aromatic heterocycles. The molecular weight excluding hydrogens is 544 g/mol. The molecule has 2 heterocycles. The van der Waals surface area contributed by atoms with Gasteiger partial charge >= 0.3 is 6.18 Å². The number of halogens is 4. The fraction of sp³-hybridized carbons (Fsp3) is 0.345. The zero-order valence-corrected chi connectivity index (χ0v) is 22.5. The first-order chi connectivity index (χ1) is 19.4. The molecule has 0 spiro atoms. The van der Waals surface area contributed by atoms with Crippen LogP contribution in [0.3, 0.4) is 0 Å². The van der Waals surface area contributed by atoms with Crippen molar-refractivity contribution in [1.82, 2.24) is 15.2 Å². The number of amides is 2. The number of likely N-dealkylation sites (N-methyl/N-ethyl adjacent to an activating group) is 1. The van der Waals surface area contributed by atoms with Gasteiger partial charge in [0, 0.05) is 41.7 Å². The molecule has 0 radical (unpaired) electrons. The number of aromatic nitrogens is 1. The fourth-order valence-corrected chi connectivity index (χ4v) is 4.73. The Balaban J connectivity index is 1.49. The van der Waals surface area contributed by atoms with Crippen LogP contribution >= 0.6 is 0 Å². The Hall–Kier alpha value is -4.19. The number of alkyl halides is 3. The number of nitrogens with one attached hydrogen (secondary N) is 3. The molecule has 1 saturated heterocycles. The topological polar surface area (TPSA) is 104 Å². The van der Waals surface area contributed by atoms with E-state index in [2.05, 4.69) is 20.5 Å². The van der Waals surface area contributed by atoms with E-state index in [9.17, 15) is 31.9 Å². The number of nitrogens with zero attached hydrogens (tertiary/aromatic N) is 1. The highest BCUT2D eigenvalue weighted by molar-refractivity contribution is 5.98. The Labute approximate surface area is 233 Å². The number of benzene rings is 2. The highest BCUT2D eigenvalue weighted by atomic mass is 19.4. The average Bonchev–Trinajstić information content (AvgIpc) is 3.32. The van der Waals surface area contributed by atoms with E-state index < -0.39 is 35.8 Å². The number of rotatable bonds is 9. The van der Waals surface area contributed by atoms with Gasteiger partial charge in [0.1, 0.15) is 11.6 Å². The molecule has 0 aliphatic carbocycles. The number of hydrogen-bond acceptors (Lipinski definition) is 5. The lowest BCUT2D eigenvalue weighted by atomic mass is 10.0. The zero-order valence-electron chi connectivity index (χ0n) is 22.5. The van der Waals surface area contributed by atoms with Crippen molar-refractivity contribution in [3.05, 3.63) is 81.5 Å². The number of anilines is 1. The van der Waals surface area contributed by atoms with E-state index in [-0.39, 0.29) is 47.3 Å². The summed E-state index contributed by atoms with van der Waals surface area (Å²) in [4.78, 5) is 41.6. The van der Waals surface area contributed by atoms with Gasteiger partial charge < -0.3 is 25.3 Å². The zero-order chi connectivity index (χ0) is 29.7. The summed E-state index contributed by atoms with van der Waals surface area (Å²) >= 11 is 0. The normalized spacial score (nSPS) is 15.5. The number of aromatic amines is 1. The molecule has 1 atom stereocenters. The molecule has 4 rings (SSSR count). The van der Waals surface area contributed by atoms with Crippen molar-refractivity contribution in [2.75, 3.05) is 32.1 Å². The average molecular weight is 575 g/mol. The third-order valence-corrected chi connectivity index (χ3v) is 6.88. The van der Waals surface area contributed by atoms with E-state index >= 15 is 0 Å². The molecule has 218 valence electrons. The minimum absolute atomic E-state index is 0.000685. The number of H-pyrrole nitrogens is 1. The Kier molecular flexibility index (Phi) is 9.11. The molecule has 3 N–H and O–H groups in total. The van der Waals surface area contributed by atoms with Crippen molar-refractivity contribution < 1.29 is 31.9 Å². The first-order valence-electron chi connectivity index (χ1n) is 13.1. The minimum atomic E-state index is -4.76. The number of hydrogen-bond donors (Lipinski definition) is 3. The third kappa shape index (κ3) is 7.51. The predicted molar refractivity (Wildman–Crippen MR) is 145 cm³/mol. The van der Waals surface area contributed by atoms with Crippen LogP contribution in [0.4, 0.5) is 23.2 Å². The summed E-state index contributed by atoms with van der Waals surface area (Å²) in [5.74, 6) is -1.93. The van der Waals surface area contributed by atoms with Gasteiger partial charge in [-0.1, -0.05) is 12.1 Å². The fourth-order valence-electron chi connectivity index (χ4n) is 4.73. The maximum atomic E-state index is 15.0. The maximum absolute atomic E-state index is 15.0. The van der Waals surface area contributed by atoms with Crippen molar-refractivity contribution >= 4 is 17.5 Å². The molecule has 2 aromatic carbocycles. The molecule has 0 bridgehead atoms. The third-order valence-electron chi connectivity index (χ3n) is 6.88. The van der Waals surface area contributed by atoms with Gasteiger partial charge in [0.05, 0.1) is 18.6 Å². The summed E-state index contributed by atoms with van der Waals surface area (Å²) < 4.78 is 61.2. The molecule has 12 heteroatoms. The van der Waals surface area contributed by atoms with Crippen LogP contribution in [0.25, 0.3) is 11.1 Å². The summed E-state index contributed by atoms with van der Waals surface area (Å²) in [5.41, 5.74) is -1.14. The SMILES string of the molecule is CCOc1cc(=O)[nH]cc1-c1ccc(CC(=O)Nc2cc(C(=O)NC[C@H]3CCCN3C)cc(C(F)(F)F)c2)c(F)c1. The molecule has 0 saturated carbocycles. The van der Waals surface area contributed by atoms with Crippen LogP contribution in [-0.2, 0) is 17.4 Å². The largest absolute Gasteiger partial charge is 0.493 e. The van der Waals surface area contributed by atoms with Gasteiger partial charge in [-0.05, 0) is 68.8 Å². The van der Waals surface area contributed by atoms with Crippen molar-refractivity contribution in [3.8, 4) is 16.9 Å². The van der Waals surface area contributed by atoms with Gasteiger partial charge in [-0.15, -0.1) is 0 Å². The van der Waals surface area contributed by atoms with E-state index in [0.717, 1.165) is 37.6 Å². The van der Waals surface area contributed by atoms with Gasteiger partial charge in [-0.25, -0.2) is 4.39 Å². The first-order valence-corrected chi connectivity index (χ1v) is 13.1. The molecule has 2 amide bonds. The molecule has 41 heavy (non-hydrogen) atoms. The van der Waals surface area contributed by atoms with Crippen LogP contribution in [0.1, 0.15) is 41.3 Å². The first kappa shape index (κ1) is 29.8. The summed E-state index contributed by atoms with van der Waals surface area (Å²) in [6, 6.07) is 8.04. The van der Waals surface area contributed by atoms with Crippen LogP contribution < -0.4 is 20.9 Å². The predicted octanol–water partition coefficient (Wildman–Crippen LogP) is 4.60. The Morgan fingerprint density at radius 3 is 2.59 bits per heavy atom. The number of ether oxygens (including phenoxy) is 1. The second-order valence-corrected chi connectivity index (χ2v) is 9.82. The quantitative estimate of drug-likeness (QED) is 0.324. The van der Waals surface area contributed by atoms with E-state index in [1.807, 2.05) is 7.05 Å². The highest BCUT2D eigenvalue weighted by Gasteiger charge is 2.32. The Morgan fingerprint density at radius 2 is 1.93 bits per heavy atom. The molecule has 1 aliphatic rings. The van der Waals surface area contributed by atoms with Crippen molar-refractivity contribution in [2.45, 2.75) is 38.4 Å². The van der Waals surface area contributed by atoms with Crippen LogP contribution in [-0.4, -0.2) is 54.5 Å². The lowest BCUT2D eigenvalue weighted by molar-refractivity contribution is -0.137. The van der Waals surface area contributed by atoms with Gasteiger partial charge in [-0.3, -0.25) is 14.4 Å². The number of likely N-dealkylation sites (tertiary alicyclic amines) is 1. The summed E-state index contributed by atoms with van der Waals surface area (Å²) in [6.07, 6.45) is -1.99. The van der Waals surface area contributed by atoms with Gasteiger partial charge in [0.15, 0.2) is 0 Å². The van der Waals surface area contributed by atoms with E-state index in [0.29, 0.717) is 11.1 Å². The lowest BCUT2D eigenvalue weighted by Crippen LogP contribution is -2.38. The van der Waals surface area contributed by atoms with Crippen LogP contribution in [0.2, 0.25) is 0 Å². The van der Waals surface area contributed by atoms with Gasteiger partial charge in [0.2, 0.25) is 5.91 Å². The lowest BCUT2D eigenvalue weighted by Gasteiger charge is -2.20. The van der Waals surface area contributed by atoms with E-state index in [1.165, 1.54) is 30.5 Å². The summed E-state index contributed by atoms with van der Waals surface area (Å²) in [5, 5.41) is 5.03. The van der Waals surface area contributed by atoms with E-state index in [4.69, 9.17) is 4.74 Å². The molecule has 3 aromatic rings. The number of carbonyl (C=O) groups is 2. The minimum Gasteiger partial charge on any atom is -0.493 e. The summed E-state index contributed by atoms with van der Waals surface area (Å²) in [7, 11) is 1.92. The van der Waals surface area contributed by atoms with Crippen LogP contribution in [0, 0.1) is 5.82 Å². The second-order valence-electron chi connectivity index (χ2n) is 9.82. The van der Waals surface area contributed by atoms with Crippen LogP contribution in [0.5, 0.6) is 5.75 Å². The van der Waals surface area contributed by atoms with Crippen molar-refractivity contribution in [1.29, 1.82) is 0 Å². The molecule has 1 fully saturated rings. The van der Waals surface area contributed by atoms with Gasteiger partial charge in [-0.2, -0.15) is 13.2 Å². The summed E-state index contributed by atoms with van der Waals surface area (Å²) in [6.45, 7) is 3.19. The van der Waals surface area contributed by atoms with Crippen LogP contribution in [0.15, 0.2) is 53.5 Å². The molecule has 8 nitrogen and oxygen atoms in total. The standard InChI is InChI=1S/C29H30F4N4O4/c1-3-41-25-14-26(38)34-16-23(25)17-6-7-18(24(30)11-17)12-27(39)36-21-10-19(9-20(13-21)29(31,32)33)28(40)35-15-22-5-4-8-37(22)2/h6-7,9-11,13-14,16,22H,3-5,8,12,15H2,1-2H3,(H,34,38)(H,35,40)(H,36,39)/t22-/m1/s1. The smallest absolute Gasteiger partial charge is 0.416 e. The molecule has 1 aliphatic heterocycles. The monoisotopic (exact) mass is 574 g/mol.